The van der Waals surface area contributed by atoms with Gasteiger partial charge in [-0.2, -0.15) is 12.7 Å². The van der Waals surface area contributed by atoms with Gasteiger partial charge in [0.2, 0.25) is 5.91 Å². The van der Waals surface area contributed by atoms with Crippen molar-refractivity contribution in [2.75, 3.05) is 26.7 Å². The lowest BCUT2D eigenvalue weighted by atomic mass is 10.1. The molecule has 1 aromatic carbocycles. The quantitative estimate of drug-likeness (QED) is 0.252. The van der Waals surface area contributed by atoms with Gasteiger partial charge in [-0.1, -0.05) is 12.1 Å². The average Bonchev–Trinajstić information content (AvgIpc) is 3.52. The summed E-state index contributed by atoms with van der Waals surface area (Å²) in [6, 6.07) is 4.67. The molecule has 4 heterocycles. The van der Waals surface area contributed by atoms with E-state index in [0.717, 1.165) is 21.0 Å². The Balaban J connectivity index is 1.40. The fraction of sp³-hybridized carbons (Fsp3) is 0.417. The number of piperazine rings is 1. The van der Waals surface area contributed by atoms with E-state index in [4.69, 9.17) is 11.1 Å². The van der Waals surface area contributed by atoms with Crippen molar-refractivity contribution < 1.29 is 18.0 Å². The first-order valence-electron chi connectivity index (χ1n) is 12.3. The van der Waals surface area contributed by atoms with Crippen molar-refractivity contribution in [2.24, 2.45) is 5.73 Å². The van der Waals surface area contributed by atoms with E-state index in [9.17, 15) is 18.0 Å². The molecule has 38 heavy (non-hydrogen) atoms. The number of nitrogen functional groups attached to an aromatic ring is 1. The molecule has 1 fully saturated rings. The van der Waals surface area contributed by atoms with Gasteiger partial charge in [0, 0.05) is 85.7 Å². The molecule has 202 valence electrons. The van der Waals surface area contributed by atoms with Crippen LogP contribution in [0.15, 0.2) is 30.6 Å². The Morgan fingerprint density at radius 2 is 2.03 bits per heavy atom. The molecule has 12 nitrogen and oxygen atoms in total. The van der Waals surface area contributed by atoms with Crippen LogP contribution < -0.4 is 16.4 Å². The number of fused-ring (bicyclic) bond motifs is 2. The van der Waals surface area contributed by atoms with Crippen LogP contribution in [0.2, 0.25) is 0 Å². The third-order valence-electron chi connectivity index (χ3n) is 7.00. The summed E-state index contributed by atoms with van der Waals surface area (Å²) in [7, 11) is -2.47. The highest BCUT2D eigenvalue weighted by molar-refractivity contribution is 7.87. The Morgan fingerprint density at radius 3 is 2.76 bits per heavy atom. The molecule has 2 aliphatic rings. The average molecular weight is 559 g/mol. The Hall–Kier alpha value is -3.33. The molecule has 2 unspecified atom stereocenters. The van der Waals surface area contributed by atoms with E-state index in [1.165, 1.54) is 35.1 Å². The lowest BCUT2D eigenvalue weighted by molar-refractivity contribution is -0.121. The van der Waals surface area contributed by atoms with Crippen molar-refractivity contribution in [3.63, 3.8) is 0 Å². The number of rotatable bonds is 6. The van der Waals surface area contributed by atoms with Crippen LogP contribution >= 0.6 is 11.3 Å². The predicted molar refractivity (Wildman–Crippen MR) is 144 cm³/mol. The summed E-state index contributed by atoms with van der Waals surface area (Å²) in [6.45, 7) is 2.91. The van der Waals surface area contributed by atoms with Crippen molar-refractivity contribution in [3.05, 3.63) is 51.7 Å². The van der Waals surface area contributed by atoms with Crippen molar-refractivity contribution in [1.29, 1.82) is 5.41 Å². The van der Waals surface area contributed by atoms with Gasteiger partial charge < -0.3 is 21.3 Å². The smallest absolute Gasteiger partial charge is 0.307 e. The Bertz CT molecular complexity index is 1530. The van der Waals surface area contributed by atoms with Gasteiger partial charge in [-0.05, 0) is 13.0 Å². The molecule has 3 aromatic rings. The maximum atomic E-state index is 13.6. The van der Waals surface area contributed by atoms with E-state index >= 15 is 0 Å². The van der Waals surface area contributed by atoms with Gasteiger partial charge in [0.25, 0.3) is 5.91 Å². The van der Waals surface area contributed by atoms with Crippen LogP contribution in [0.1, 0.15) is 39.3 Å². The molecule has 14 heteroatoms. The second kappa shape index (κ2) is 10.1. The second-order valence-electron chi connectivity index (χ2n) is 9.62. The fourth-order valence-corrected chi connectivity index (χ4v) is 7.30. The molecule has 5 N–H and O–H groups in total. The van der Waals surface area contributed by atoms with Crippen LogP contribution in [-0.2, 0) is 28.0 Å². The zero-order valence-electron chi connectivity index (χ0n) is 21.1. The first-order chi connectivity index (χ1) is 18.1. The molecular formula is C24H30N8O4S2. The molecule has 0 spiro atoms. The third-order valence-corrected chi connectivity index (χ3v) is 9.81. The lowest BCUT2D eigenvalue weighted by Crippen LogP contribution is -2.58. The van der Waals surface area contributed by atoms with Crippen molar-refractivity contribution in [2.45, 2.75) is 38.4 Å². The van der Waals surface area contributed by atoms with Crippen LogP contribution in [0.4, 0.5) is 0 Å². The molecule has 2 amide bonds. The summed E-state index contributed by atoms with van der Waals surface area (Å²) < 4.78 is 29.6. The van der Waals surface area contributed by atoms with Gasteiger partial charge in [0.1, 0.15) is 5.84 Å². The summed E-state index contributed by atoms with van der Waals surface area (Å²) in [4.78, 5) is 33.1. The van der Waals surface area contributed by atoms with E-state index in [0.29, 0.717) is 27.9 Å². The summed E-state index contributed by atoms with van der Waals surface area (Å²) in [5.41, 5.74) is 6.99. The van der Waals surface area contributed by atoms with Gasteiger partial charge >= 0.3 is 10.2 Å². The highest BCUT2D eigenvalue weighted by Gasteiger charge is 2.38. The van der Waals surface area contributed by atoms with Gasteiger partial charge in [-0.3, -0.25) is 15.0 Å². The molecule has 0 bridgehead atoms. The summed E-state index contributed by atoms with van der Waals surface area (Å²) in [5, 5.41) is 15.3. The van der Waals surface area contributed by atoms with E-state index in [2.05, 4.69) is 22.5 Å². The number of carbonyl (C=O) groups excluding carboxylic acids is 2. The lowest BCUT2D eigenvalue weighted by Gasteiger charge is -2.40. The van der Waals surface area contributed by atoms with Gasteiger partial charge in [-0.15, -0.1) is 11.3 Å². The van der Waals surface area contributed by atoms with Crippen LogP contribution in [0.25, 0.3) is 10.8 Å². The van der Waals surface area contributed by atoms with Crippen molar-refractivity contribution >= 4 is 50.0 Å². The molecule has 2 aliphatic heterocycles. The van der Waals surface area contributed by atoms with Gasteiger partial charge in [-0.25, -0.2) is 8.96 Å². The van der Waals surface area contributed by atoms with Crippen LogP contribution in [0.5, 0.6) is 0 Å². The van der Waals surface area contributed by atoms with Crippen molar-refractivity contribution in [1.82, 2.24) is 28.8 Å². The first kappa shape index (κ1) is 26.3. The standard InChI is InChI=1S/C24H30N8O4S2/c1-14-7-19-20(10-28-14)37-23(29-19)24(34)32-6-5-30(13-18(32)9-21(33)27-2)38(35,36)31-11-16-4-3-15(22(25)26)8-17(16)12-31/h3-4,8,11-12,14,18,28H,5-7,9-10,13H2,1-2H3,(H3,25,26)(H,27,33). The highest BCUT2D eigenvalue weighted by atomic mass is 32.2. The minimum atomic E-state index is -3.98. The second-order valence-corrected chi connectivity index (χ2v) is 12.5. The number of nitrogens with two attached hydrogens (primary N) is 1. The Morgan fingerprint density at radius 1 is 1.26 bits per heavy atom. The topological polar surface area (TPSA) is 167 Å². The molecule has 0 saturated carbocycles. The normalized spacial score (nSPS) is 20.3. The number of thiazole rings is 1. The SMILES string of the molecule is CNC(=O)CC1CN(S(=O)(=O)n2cc3ccc(C(=N)N)cc3c2)CCN1C(=O)c1nc2c(s1)CNC(C)C2. The van der Waals surface area contributed by atoms with Crippen molar-refractivity contribution in [3.8, 4) is 0 Å². The number of amidine groups is 1. The number of carbonyl (C=O) groups is 2. The minimum absolute atomic E-state index is 0.0294. The predicted octanol–water partition coefficient (Wildman–Crippen LogP) is 0.472. The summed E-state index contributed by atoms with van der Waals surface area (Å²) >= 11 is 1.35. The maximum Gasteiger partial charge on any atom is 0.307 e. The van der Waals surface area contributed by atoms with E-state index in [1.807, 2.05) is 0 Å². The molecule has 1 saturated heterocycles. The first-order valence-corrected chi connectivity index (χ1v) is 14.5. The minimum Gasteiger partial charge on any atom is -0.384 e. The molecule has 0 radical (unpaired) electrons. The van der Waals surface area contributed by atoms with Crippen LogP contribution in [0.3, 0.4) is 0 Å². The number of amides is 2. The van der Waals surface area contributed by atoms with E-state index in [1.54, 1.807) is 23.1 Å². The Kier molecular flexibility index (Phi) is 6.98. The zero-order valence-corrected chi connectivity index (χ0v) is 22.7. The highest BCUT2D eigenvalue weighted by Crippen LogP contribution is 2.27. The number of nitrogens with one attached hydrogen (secondary N) is 3. The van der Waals surface area contributed by atoms with E-state index in [-0.39, 0.29) is 49.7 Å². The molecule has 2 aromatic heterocycles. The number of hydrogen-bond acceptors (Lipinski definition) is 8. The number of nitrogens with zero attached hydrogens (tertiary/aromatic N) is 4. The maximum absolute atomic E-state index is 13.6. The molecular weight excluding hydrogens is 528 g/mol. The number of benzene rings is 1. The van der Waals surface area contributed by atoms with Gasteiger partial charge in [0.05, 0.1) is 11.7 Å². The van der Waals surface area contributed by atoms with E-state index < -0.39 is 16.3 Å². The number of aromatic nitrogens is 2. The van der Waals surface area contributed by atoms with Crippen LogP contribution in [-0.4, -0.2) is 83.0 Å². The molecule has 5 rings (SSSR count). The summed E-state index contributed by atoms with van der Waals surface area (Å²) in [6.07, 6.45) is 3.70. The zero-order chi connectivity index (χ0) is 27.2. The largest absolute Gasteiger partial charge is 0.384 e. The summed E-state index contributed by atoms with van der Waals surface area (Å²) in [5.74, 6) is -0.675. The molecule has 0 aliphatic carbocycles. The number of hydrogen-bond donors (Lipinski definition) is 4. The molecule has 2 atom stereocenters. The van der Waals surface area contributed by atoms with Gasteiger partial charge in [0.15, 0.2) is 5.01 Å². The monoisotopic (exact) mass is 558 g/mol. The van der Waals surface area contributed by atoms with Crippen LogP contribution in [0, 0.1) is 5.41 Å². The fourth-order valence-electron chi connectivity index (χ4n) is 4.87. The third kappa shape index (κ3) is 4.91. The Labute approximate surface area is 224 Å².